The molecule has 4 nitrogen and oxygen atoms in total. The molecule has 0 bridgehead atoms. The number of benzene rings is 1. The molecule has 0 fully saturated rings. The lowest BCUT2D eigenvalue weighted by atomic mass is 10.2. The zero-order valence-electron chi connectivity index (χ0n) is 9.66. The summed E-state index contributed by atoms with van der Waals surface area (Å²) in [7, 11) is 1.34. The third kappa shape index (κ3) is 2.95. The minimum Gasteiger partial charge on any atom is -0.508 e. The Labute approximate surface area is 108 Å². The van der Waals surface area contributed by atoms with Crippen molar-refractivity contribution in [3.05, 3.63) is 45.9 Å². The largest absolute Gasteiger partial charge is 0.508 e. The Hall–Kier alpha value is -2.14. The molecular formula is C13H11NO3S. The van der Waals surface area contributed by atoms with E-state index in [1.54, 1.807) is 24.3 Å². The number of phenolic OH excluding ortho intramolecular Hbond substituents is 1. The van der Waals surface area contributed by atoms with E-state index in [0.29, 0.717) is 9.88 Å². The van der Waals surface area contributed by atoms with Crippen LogP contribution in [0.25, 0.3) is 12.2 Å². The van der Waals surface area contributed by atoms with Crippen LogP contribution >= 0.6 is 11.3 Å². The van der Waals surface area contributed by atoms with E-state index in [9.17, 15) is 9.90 Å². The van der Waals surface area contributed by atoms with Crippen LogP contribution in [0.5, 0.6) is 5.75 Å². The Bertz CT molecular complexity index is 589. The van der Waals surface area contributed by atoms with Gasteiger partial charge in [-0.2, -0.15) is 0 Å². The average Bonchev–Trinajstić information content (AvgIpc) is 2.84. The lowest BCUT2D eigenvalue weighted by Crippen LogP contribution is -1.96. The number of phenols is 1. The van der Waals surface area contributed by atoms with Gasteiger partial charge in [0.05, 0.1) is 13.3 Å². The lowest BCUT2D eigenvalue weighted by molar-refractivity contribution is 0.0606. The van der Waals surface area contributed by atoms with Crippen molar-refractivity contribution in [1.82, 2.24) is 4.98 Å². The SMILES string of the molecule is COC(=O)c1cnc(/C=C/c2cccc(O)c2)s1. The number of aromatic hydroxyl groups is 1. The Morgan fingerprint density at radius 3 is 3.00 bits per heavy atom. The van der Waals surface area contributed by atoms with E-state index in [2.05, 4.69) is 9.72 Å². The summed E-state index contributed by atoms with van der Waals surface area (Å²) in [6.45, 7) is 0. The van der Waals surface area contributed by atoms with Crippen molar-refractivity contribution in [2.24, 2.45) is 0 Å². The number of aromatic nitrogens is 1. The van der Waals surface area contributed by atoms with Gasteiger partial charge in [-0.1, -0.05) is 18.2 Å². The number of carbonyl (C=O) groups excluding carboxylic acids is 1. The summed E-state index contributed by atoms with van der Waals surface area (Å²) in [6, 6.07) is 6.88. The van der Waals surface area contributed by atoms with Gasteiger partial charge in [0.1, 0.15) is 15.6 Å². The van der Waals surface area contributed by atoms with Crippen LogP contribution in [0.2, 0.25) is 0 Å². The third-order valence-corrected chi connectivity index (χ3v) is 3.14. The van der Waals surface area contributed by atoms with Gasteiger partial charge in [-0.25, -0.2) is 9.78 Å². The average molecular weight is 261 g/mol. The van der Waals surface area contributed by atoms with E-state index in [4.69, 9.17) is 0 Å². The molecule has 0 aliphatic rings. The van der Waals surface area contributed by atoms with E-state index in [1.165, 1.54) is 24.6 Å². The smallest absolute Gasteiger partial charge is 0.349 e. The van der Waals surface area contributed by atoms with Crippen molar-refractivity contribution < 1.29 is 14.6 Å². The van der Waals surface area contributed by atoms with Gasteiger partial charge >= 0.3 is 5.97 Å². The van der Waals surface area contributed by atoms with Gasteiger partial charge in [0.25, 0.3) is 0 Å². The molecule has 1 N–H and O–H groups in total. The summed E-state index contributed by atoms with van der Waals surface area (Å²) in [4.78, 5) is 15.8. The summed E-state index contributed by atoms with van der Waals surface area (Å²) < 4.78 is 4.60. The number of nitrogens with zero attached hydrogens (tertiary/aromatic N) is 1. The van der Waals surface area contributed by atoms with E-state index in [1.807, 2.05) is 12.1 Å². The van der Waals surface area contributed by atoms with Crippen molar-refractivity contribution in [1.29, 1.82) is 0 Å². The highest BCUT2D eigenvalue weighted by atomic mass is 32.1. The molecule has 1 heterocycles. The van der Waals surface area contributed by atoms with Crippen LogP contribution in [-0.2, 0) is 4.74 Å². The predicted molar refractivity (Wildman–Crippen MR) is 70.5 cm³/mol. The molecule has 5 heteroatoms. The van der Waals surface area contributed by atoms with Crippen LogP contribution in [-0.4, -0.2) is 23.2 Å². The Balaban J connectivity index is 2.14. The normalized spacial score (nSPS) is 10.7. The first-order valence-electron chi connectivity index (χ1n) is 5.20. The van der Waals surface area contributed by atoms with E-state index in [0.717, 1.165) is 5.56 Å². The molecule has 1 aromatic heterocycles. The number of rotatable bonds is 3. The maximum absolute atomic E-state index is 11.2. The van der Waals surface area contributed by atoms with Gasteiger partial charge in [-0.05, 0) is 23.8 Å². The topological polar surface area (TPSA) is 59.4 Å². The summed E-state index contributed by atoms with van der Waals surface area (Å²) in [5, 5.41) is 10.0. The Kier molecular flexibility index (Phi) is 3.74. The van der Waals surface area contributed by atoms with Gasteiger partial charge in [0, 0.05) is 0 Å². The molecule has 0 saturated heterocycles. The minimum absolute atomic E-state index is 0.214. The maximum atomic E-state index is 11.2. The molecule has 0 spiro atoms. The highest BCUT2D eigenvalue weighted by Crippen LogP contribution is 2.18. The minimum atomic E-state index is -0.385. The molecule has 0 saturated carbocycles. The highest BCUT2D eigenvalue weighted by Gasteiger charge is 2.08. The number of carbonyl (C=O) groups is 1. The standard InChI is InChI=1S/C13H11NO3S/c1-17-13(16)11-8-14-12(18-11)6-5-9-3-2-4-10(15)7-9/h2-8,15H,1H3/b6-5+. The van der Waals surface area contributed by atoms with Gasteiger partial charge in [-0.15, -0.1) is 11.3 Å². The summed E-state index contributed by atoms with van der Waals surface area (Å²) in [6.07, 6.45) is 5.09. The number of hydrogen-bond acceptors (Lipinski definition) is 5. The van der Waals surface area contributed by atoms with Crippen molar-refractivity contribution in [3.63, 3.8) is 0 Å². The van der Waals surface area contributed by atoms with Gasteiger partial charge in [0.15, 0.2) is 0 Å². The van der Waals surface area contributed by atoms with Crippen LogP contribution < -0.4 is 0 Å². The Morgan fingerprint density at radius 2 is 2.28 bits per heavy atom. The maximum Gasteiger partial charge on any atom is 0.349 e. The lowest BCUT2D eigenvalue weighted by Gasteiger charge is -1.93. The van der Waals surface area contributed by atoms with Crippen LogP contribution in [0.4, 0.5) is 0 Å². The fraction of sp³-hybridized carbons (Fsp3) is 0.0769. The molecule has 0 aliphatic carbocycles. The molecule has 0 atom stereocenters. The Morgan fingerprint density at radius 1 is 1.44 bits per heavy atom. The molecular weight excluding hydrogens is 250 g/mol. The second-order valence-corrected chi connectivity index (χ2v) is 4.54. The first-order valence-corrected chi connectivity index (χ1v) is 6.02. The quantitative estimate of drug-likeness (QED) is 0.863. The van der Waals surface area contributed by atoms with Gasteiger partial charge < -0.3 is 9.84 Å². The molecule has 18 heavy (non-hydrogen) atoms. The van der Waals surface area contributed by atoms with E-state index < -0.39 is 0 Å². The fourth-order valence-corrected chi connectivity index (χ4v) is 2.09. The van der Waals surface area contributed by atoms with Crippen molar-refractivity contribution in [2.75, 3.05) is 7.11 Å². The van der Waals surface area contributed by atoms with Gasteiger partial charge in [-0.3, -0.25) is 0 Å². The molecule has 0 aliphatic heterocycles. The van der Waals surface area contributed by atoms with E-state index >= 15 is 0 Å². The second kappa shape index (κ2) is 5.46. The first-order chi connectivity index (χ1) is 8.69. The van der Waals surface area contributed by atoms with Crippen molar-refractivity contribution in [3.8, 4) is 5.75 Å². The highest BCUT2D eigenvalue weighted by molar-refractivity contribution is 7.14. The summed E-state index contributed by atoms with van der Waals surface area (Å²) in [5.41, 5.74) is 0.866. The number of esters is 1. The molecule has 2 rings (SSSR count). The summed E-state index contributed by atoms with van der Waals surface area (Å²) >= 11 is 1.25. The van der Waals surface area contributed by atoms with Crippen LogP contribution in [0.15, 0.2) is 30.5 Å². The third-order valence-electron chi connectivity index (χ3n) is 2.20. The van der Waals surface area contributed by atoms with E-state index in [-0.39, 0.29) is 11.7 Å². The van der Waals surface area contributed by atoms with Crippen LogP contribution in [0.1, 0.15) is 20.2 Å². The molecule has 2 aromatic rings. The predicted octanol–water partition coefficient (Wildman–Crippen LogP) is 2.81. The van der Waals surface area contributed by atoms with Gasteiger partial charge in [0.2, 0.25) is 0 Å². The van der Waals surface area contributed by atoms with Crippen molar-refractivity contribution in [2.45, 2.75) is 0 Å². The van der Waals surface area contributed by atoms with Crippen molar-refractivity contribution >= 4 is 29.5 Å². The zero-order valence-corrected chi connectivity index (χ0v) is 10.5. The molecule has 0 unspecified atom stereocenters. The second-order valence-electron chi connectivity index (χ2n) is 3.48. The molecule has 1 aromatic carbocycles. The molecule has 0 radical (unpaired) electrons. The number of thiazole rings is 1. The fourth-order valence-electron chi connectivity index (χ4n) is 1.36. The number of hydrogen-bond donors (Lipinski definition) is 1. The molecule has 92 valence electrons. The van der Waals surface area contributed by atoms with Crippen LogP contribution in [0.3, 0.4) is 0 Å². The molecule has 0 amide bonds. The first kappa shape index (κ1) is 12.3. The van der Waals surface area contributed by atoms with Crippen LogP contribution in [0, 0.1) is 0 Å². The number of ether oxygens (including phenoxy) is 1. The number of methoxy groups -OCH3 is 1. The zero-order chi connectivity index (χ0) is 13.0. The summed E-state index contributed by atoms with van der Waals surface area (Å²) in [5.74, 6) is -0.170. The monoisotopic (exact) mass is 261 g/mol.